The minimum Gasteiger partial charge on any atom is -0.381 e. The van der Waals surface area contributed by atoms with Gasteiger partial charge in [-0.15, -0.1) is 0 Å². The number of hydrogen-bond donors (Lipinski definition) is 3. The van der Waals surface area contributed by atoms with Crippen molar-refractivity contribution >= 4 is 17.4 Å². The van der Waals surface area contributed by atoms with Crippen molar-refractivity contribution in [2.45, 2.75) is 12.2 Å². The molecule has 0 bridgehead atoms. The number of nitrogens with zero attached hydrogens (tertiary/aromatic N) is 2. The topological polar surface area (TPSA) is 60.8 Å². The molecule has 0 aromatic heterocycles. The van der Waals surface area contributed by atoms with Crippen LogP contribution in [0.15, 0.2) is 180 Å². The Hall–Kier alpha value is -6.20. The van der Waals surface area contributed by atoms with Crippen LogP contribution in [0.1, 0.15) is 40.0 Å². The van der Waals surface area contributed by atoms with Crippen LogP contribution in [0.3, 0.4) is 0 Å². The van der Waals surface area contributed by atoms with Crippen LogP contribution in [0.25, 0.3) is 28.0 Å². The lowest BCUT2D eigenvalue weighted by molar-refractivity contribution is 0.674. The summed E-state index contributed by atoms with van der Waals surface area (Å²) in [5.74, 6) is 1.48. The summed E-state index contributed by atoms with van der Waals surface area (Å²) in [7, 11) is 0. The SMILES string of the molecule is C1=CCNC(c2cc(C3=NC(c4cccc(-c5ccccc5)c4)NC(c4cccc(-c5ccccc5)c4)=N3)cc(C3C=CC=CN3)c2)=C1. The Morgan fingerprint density at radius 2 is 1.23 bits per heavy atom. The average molecular weight is 622 g/mol. The van der Waals surface area contributed by atoms with Gasteiger partial charge in [0.05, 0.1) is 6.04 Å². The lowest BCUT2D eigenvalue weighted by Gasteiger charge is -2.25. The maximum absolute atomic E-state index is 5.30. The molecule has 0 radical (unpaired) electrons. The fourth-order valence-corrected chi connectivity index (χ4v) is 6.32. The Morgan fingerprint density at radius 1 is 0.562 bits per heavy atom. The van der Waals surface area contributed by atoms with Crippen molar-refractivity contribution in [1.82, 2.24) is 16.0 Å². The normalized spacial score (nSPS) is 18.1. The zero-order chi connectivity index (χ0) is 32.1. The van der Waals surface area contributed by atoms with Crippen molar-refractivity contribution in [3.8, 4) is 22.3 Å². The minimum atomic E-state index is -0.339. The predicted octanol–water partition coefficient (Wildman–Crippen LogP) is 8.73. The second-order valence-electron chi connectivity index (χ2n) is 12.0. The number of allylic oxidation sites excluding steroid dienone is 4. The summed E-state index contributed by atoms with van der Waals surface area (Å²) in [6.45, 7) is 0.792. The van der Waals surface area contributed by atoms with Crippen molar-refractivity contribution in [2.75, 3.05) is 6.54 Å². The first-order chi connectivity index (χ1) is 23.8. The Balaban J connectivity index is 1.26. The highest BCUT2D eigenvalue weighted by atomic mass is 15.2. The summed E-state index contributed by atoms with van der Waals surface area (Å²) in [4.78, 5) is 10.5. The monoisotopic (exact) mass is 621 g/mol. The van der Waals surface area contributed by atoms with E-state index >= 15 is 0 Å². The summed E-state index contributed by atoms with van der Waals surface area (Å²) in [6, 6.07) is 44.8. The molecule has 5 aromatic carbocycles. The van der Waals surface area contributed by atoms with Crippen LogP contribution in [0.2, 0.25) is 0 Å². The number of hydrogen-bond acceptors (Lipinski definition) is 5. The second-order valence-corrected chi connectivity index (χ2v) is 12.0. The lowest BCUT2D eigenvalue weighted by Crippen LogP contribution is -2.33. The number of aliphatic imine (C=N–C) groups is 2. The third-order valence-corrected chi connectivity index (χ3v) is 8.77. The van der Waals surface area contributed by atoms with Crippen molar-refractivity contribution in [1.29, 1.82) is 0 Å². The quantitative estimate of drug-likeness (QED) is 0.170. The molecule has 3 heterocycles. The number of dihydropyridines is 2. The van der Waals surface area contributed by atoms with Gasteiger partial charge in [-0.3, -0.25) is 0 Å². The zero-order valence-corrected chi connectivity index (χ0v) is 26.4. The van der Waals surface area contributed by atoms with E-state index in [1.807, 2.05) is 24.4 Å². The summed E-state index contributed by atoms with van der Waals surface area (Å²) in [5, 5.41) is 10.7. The van der Waals surface area contributed by atoms with Crippen molar-refractivity contribution in [3.05, 3.63) is 198 Å². The van der Waals surface area contributed by atoms with E-state index < -0.39 is 0 Å². The van der Waals surface area contributed by atoms with E-state index in [9.17, 15) is 0 Å². The third-order valence-electron chi connectivity index (χ3n) is 8.77. The van der Waals surface area contributed by atoms with Crippen LogP contribution >= 0.6 is 0 Å². The van der Waals surface area contributed by atoms with Gasteiger partial charge in [-0.2, -0.15) is 0 Å². The largest absolute Gasteiger partial charge is 0.381 e. The highest BCUT2D eigenvalue weighted by Crippen LogP contribution is 2.30. The van der Waals surface area contributed by atoms with Gasteiger partial charge < -0.3 is 16.0 Å². The molecule has 0 saturated heterocycles. The molecule has 0 spiro atoms. The van der Waals surface area contributed by atoms with Gasteiger partial charge in [-0.05, 0) is 87.6 Å². The van der Waals surface area contributed by atoms with E-state index in [1.165, 1.54) is 11.1 Å². The van der Waals surface area contributed by atoms with Gasteiger partial charge in [0.1, 0.15) is 12.0 Å². The molecule has 2 atom stereocenters. The fraction of sp³-hybridized carbons (Fsp3) is 0.0698. The predicted molar refractivity (Wildman–Crippen MR) is 198 cm³/mol. The molecule has 8 rings (SSSR count). The van der Waals surface area contributed by atoms with Crippen LogP contribution in [0.4, 0.5) is 0 Å². The second kappa shape index (κ2) is 13.3. The smallest absolute Gasteiger partial charge is 0.159 e. The molecule has 2 unspecified atom stereocenters. The molecule has 0 aliphatic carbocycles. The minimum absolute atomic E-state index is 0.0418. The molecule has 0 saturated carbocycles. The first-order valence-electron chi connectivity index (χ1n) is 16.4. The highest BCUT2D eigenvalue weighted by Gasteiger charge is 2.23. The van der Waals surface area contributed by atoms with Crippen molar-refractivity contribution < 1.29 is 0 Å². The van der Waals surface area contributed by atoms with Crippen molar-refractivity contribution in [2.24, 2.45) is 9.98 Å². The standard InChI is InChI=1S/C43H35N5/c1-3-13-30(14-4-1)32-17-11-19-34(25-32)41-46-42(35-20-12-18-33(26-35)31-15-5-2-6-16-31)48-43(47-41)38-28-36(39-21-7-9-23-44-39)27-37(29-38)40-22-8-10-24-45-40/h1-23,25-29,39,41,44-45H,24H2,(H,46,47,48). The molecule has 3 aliphatic heterocycles. The summed E-state index contributed by atoms with van der Waals surface area (Å²) < 4.78 is 0. The maximum Gasteiger partial charge on any atom is 0.159 e. The first kappa shape index (κ1) is 29.2. The van der Waals surface area contributed by atoms with Crippen LogP contribution in [-0.2, 0) is 0 Å². The Morgan fingerprint density at radius 3 is 1.96 bits per heavy atom. The number of rotatable bonds is 7. The highest BCUT2D eigenvalue weighted by molar-refractivity contribution is 6.13. The van der Waals surface area contributed by atoms with Gasteiger partial charge >= 0.3 is 0 Å². The van der Waals surface area contributed by atoms with E-state index in [1.54, 1.807) is 0 Å². The molecule has 5 aromatic rings. The maximum atomic E-state index is 5.30. The molecule has 3 N–H and O–H groups in total. The van der Waals surface area contributed by atoms with Gasteiger partial charge in [0.2, 0.25) is 0 Å². The van der Waals surface area contributed by atoms with Gasteiger partial charge in [-0.25, -0.2) is 9.98 Å². The van der Waals surface area contributed by atoms with Crippen molar-refractivity contribution in [3.63, 3.8) is 0 Å². The first-order valence-corrected chi connectivity index (χ1v) is 16.4. The fourth-order valence-electron chi connectivity index (χ4n) is 6.32. The lowest BCUT2D eigenvalue weighted by atomic mass is 9.96. The van der Waals surface area contributed by atoms with Crippen LogP contribution in [0, 0.1) is 0 Å². The molecule has 3 aliphatic rings. The van der Waals surface area contributed by atoms with E-state index in [4.69, 9.17) is 9.98 Å². The number of benzene rings is 5. The molecule has 0 fully saturated rings. The number of amidine groups is 2. The summed E-state index contributed by atoms with van der Waals surface area (Å²) in [5.41, 5.74) is 11.0. The molecule has 48 heavy (non-hydrogen) atoms. The molecular formula is C43H35N5. The van der Waals surface area contributed by atoms with E-state index in [0.29, 0.717) is 5.84 Å². The average Bonchev–Trinajstić information content (AvgIpc) is 3.19. The summed E-state index contributed by atoms with van der Waals surface area (Å²) in [6.07, 6.45) is 14.3. The summed E-state index contributed by atoms with van der Waals surface area (Å²) >= 11 is 0. The zero-order valence-electron chi connectivity index (χ0n) is 26.4. The molecule has 0 amide bonds. The van der Waals surface area contributed by atoms with E-state index in [-0.39, 0.29) is 12.2 Å². The van der Waals surface area contributed by atoms with Gasteiger partial charge in [-0.1, -0.05) is 121 Å². The van der Waals surface area contributed by atoms with Crippen LogP contribution in [-0.4, -0.2) is 18.2 Å². The van der Waals surface area contributed by atoms with Gasteiger partial charge in [0, 0.05) is 23.4 Å². The molecule has 232 valence electrons. The van der Waals surface area contributed by atoms with E-state index in [2.05, 4.69) is 162 Å². The van der Waals surface area contributed by atoms with E-state index in [0.717, 1.165) is 57.0 Å². The third kappa shape index (κ3) is 6.26. The Bertz CT molecular complexity index is 2140. The molecular weight excluding hydrogens is 587 g/mol. The van der Waals surface area contributed by atoms with Gasteiger partial charge in [0.25, 0.3) is 0 Å². The van der Waals surface area contributed by atoms with Crippen LogP contribution < -0.4 is 16.0 Å². The molecule has 5 heteroatoms. The van der Waals surface area contributed by atoms with Crippen LogP contribution in [0.5, 0.6) is 0 Å². The number of nitrogens with one attached hydrogen (secondary N) is 3. The molecule has 5 nitrogen and oxygen atoms in total. The Labute approximate surface area is 281 Å². The van der Waals surface area contributed by atoms with Gasteiger partial charge in [0.15, 0.2) is 5.84 Å². The Kier molecular flexibility index (Phi) is 8.07.